The molecule has 3 rings (SSSR count). The van der Waals surface area contributed by atoms with Gasteiger partial charge < -0.3 is 20.1 Å². The van der Waals surface area contributed by atoms with Gasteiger partial charge in [0.2, 0.25) is 0 Å². The smallest absolute Gasteiger partial charge is 0.132 e. The van der Waals surface area contributed by atoms with E-state index in [9.17, 15) is 19.7 Å². The van der Waals surface area contributed by atoms with Crippen molar-refractivity contribution in [1.29, 1.82) is 0 Å². The minimum atomic E-state index is -1.21. The molecule has 1 aromatic heterocycles. The Labute approximate surface area is 136 Å². The van der Waals surface area contributed by atoms with E-state index in [1.54, 1.807) is 18.2 Å². The number of nitrogens with zero attached hydrogens (tertiary/aromatic N) is 3. The number of ether oxygens (including phenoxy) is 1. The van der Waals surface area contributed by atoms with Crippen molar-refractivity contribution in [3.63, 3.8) is 0 Å². The van der Waals surface area contributed by atoms with Crippen LogP contribution in [0.25, 0.3) is 11.3 Å². The van der Waals surface area contributed by atoms with Crippen LogP contribution < -0.4 is 0 Å². The van der Waals surface area contributed by atoms with Crippen LogP contribution in [0, 0.1) is 5.82 Å². The number of hydrogen-bond donors (Lipinski definition) is 4. The number of aliphatic hydroxyl groups excluding tert-OH is 3. The first-order valence-corrected chi connectivity index (χ1v) is 7.52. The monoisotopic (exact) mass is 341 g/mol. The first kappa shape index (κ1) is 16.3. The summed E-state index contributed by atoms with van der Waals surface area (Å²) < 4.78 is 20.3. The standard InChI is InChI=1S/C14H16FN3O4S/c15-8-4-2-1-3-7(8)9-5-18(17-16-9)11-12(20)10(6-19)22-14(23)13(11)21/h1-5,10-14,19-21,23H,6H2/t10?,11?,12-,13?,14-/m0/s1. The summed E-state index contributed by atoms with van der Waals surface area (Å²) in [4.78, 5) is 0. The van der Waals surface area contributed by atoms with Gasteiger partial charge in [0, 0.05) is 5.56 Å². The highest BCUT2D eigenvalue weighted by Gasteiger charge is 2.44. The average Bonchev–Trinajstić information content (AvgIpc) is 3.01. The zero-order chi connectivity index (χ0) is 16.6. The Morgan fingerprint density at radius 2 is 2.00 bits per heavy atom. The molecule has 1 aliphatic heterocycles. The Bertz CT molecular complexity index is 686. The van der Waals surface area contributed by atoms with Gasteiger partial charge in [-0.15, -0.1) is 17.7 Å². The molecule has 1 aromatic carbocycles. The van der Waals surface area contributed by atoms with E-state index in [1.165, 1.54) is 16.9 Å². The molecule has 0 aliphatic carbocycles. The van der Waals surface area contributed by atoms with Crippen LogP contribution in [0.5, 0.6) is 0 Å². The number of aliphatic hydroxyl groups is 3. The second kappa shape index (κ2) is 6.54. The van der Waals surface area contributed by atoms with Crippen molar-refractivity contribution in [2.45, 2.75) is 29.8 Å². The Balaban J connectivity index is 1.94. The summed E-state index contributed by atoms with van der Waals surface area (Å²) in [6, 6.07) is 5.17. The number of rotatable bonds is 3. The van der Waals surface area contributed by atoms with Gasteiger partial charge in [-0.2, -0.15) is 0 Å². The lowest BCUT2D eigenvalue weighted by atomic mass is 9.97. The third-order valence-corrected chi connectivity index (χ3v) is 4.26. The van der Waals surface area contributed by atoms with Crippen molar-refractivity contribution in [2.24, 2.45) is 0 Å². The van der Waals surface area contributed by atoms with Gasteiger partial charge in [-0.3, -0.25) is 0 Å². The molecule has 23 heavy (non-hydrogen) atoms. The summed E-state index contributed by atoms with van der Waals surface area (Å²) in [6.45, 7) is -0.434. The van der Waals surface area contributed by atoms with Crippen molar-refractivity contribution < 1.29 is 24.4 Å². The maximum absolute atomic E-state index is 13.8. The summed E-state index contributed by atoms with van der Waals surface area (Å²) >= 11 is 4.10. The number of halogens is 1. The number of hydrogen-bond acceptors (Lipinski definition) is 7. The van der Waals surface area contributed by atoms with Crippen molar-refractivity contribution in [2.75, 3.05) is 6.61 Å². The number of benzene rings is 1. The molecule has 0 bridgehead atoms. The zero-order valence-corrected chi connectivity index (χ0v) is 12.8. The fourth-order valence-corrected chi connectivity index (χ4v) is 2.94. The molecule has 2 heterocycles. The van der Waals surface area contributed by atoms with Crippen LogP contribution in [0.4, 0.5) is 4.39 Å². The predicted octanol–water partition coefficient (Wildman–Crippen LogP) is -0.00590. The molecule has 7 nitrogen and oxygen atoms in total. The summed E-state index contributed by atoms with van der Waals surface area (Å²) in [5, 5.41) is 37.5. The van der Waals surface area contributed by atoms with Crippen LogP contribution in [0.2, 0.25) is 0 Å². The highest BCUT2D eigenvalue weighted by molar-refractivity contribution is 7.80. The molecule has 3 unspecified atom stereocenters. The van der Waals surface area contributed by atoms with Gasteiger partial charge in [0.05, 0.1) is 12.8 Å². The predicted molar refractivity (Wildman–Crippen MR) is 81.2 cm³/mol. The van der Waals surface area contributed by atoms with Crippen LogP contribution >= 0.6 is 12.6 Å². The molecule has 0 radical (unpaired) electrons. The van der Waals surface area contributed by atoms with E-state index in [0.717, 1.165) is 0 Å². The number of thiol groups is 1. The minimum Gasteiger partial charge on any atom is -0.394 e. The average molecular weight is 341 g/mol. The van der Waals surface area contributed by atoms with Crippen molar-refractivity contribution in [3.8, 4) is 11.3 Å². The first-order chi connectivity index (χ1) is 11.0. The van der Waals surface area contributed by atoms with Gasteiger partial charge >= 0.3 is 0 Å². The lowest BCUT2D eigenvalue weighted by Gasteiger charge is -2.40. The summed E-state index contributed by atoms with van der Waals surface area (Å²) in [6.07, 6.45) is -1.87. The summed E-state index contributed by atoms with van der Waals surface area (Å²) in [5.41, 5.74) is -0.372. The fourth-order valence-electron chi connectivity index (χ4n) is 2.61. The van der Waals surface area contributed by atoms with E-state index in [1.807, 2.05) is 0 Å². The van der Waals surface area contributed by atoms with Crippen LogP contribution in [-0.2, 0) is 4.74 Å². The van der Waals surface area contributed by atoms with Gasteiger partial charge in [0.25, 0.3) is 0 Å². The molecule has 0 spiro atoms. The van der Waals surface area contributed by atoms with E-state index >= 15 is 0 Å². The van der Waals surface area contributed by atoms with E-state index in [0.29, 0.717) is 0 Å². The van der Waals surface area contributed by atoms with Crippen LogP contribution in [0.3, 0.4) is 0 Å². The van der Waals surface area contributed by atoms with Crippen molar-refractivity contribution >= 4 is 12.6 Å². The van der Waals surface area contributed by atoms with Crippen LogP contribution in [-0.4, -0.2) is 60.7 Å². The molecular weight excluding hydrogens is 325 g/mol. The summed E-state index contributed by atoms with van der Waals surface area (Å²) in [5.74, 6) is -0.451. The third-order valence-electron chi connectivity index (χ3n) is 3.83. The Hall–Kier alpha value is -1.52. The van der Waals surface area contributed by atoms with Gasteiger partial charge in [-0.1, -0.05) is 17.3 Å². The normalized spacial score (nSPS) is 31.3. The van der Waals surface area contributed by atoms with E-state index in [-0.39, 0.29) is 11.3 Å². The van der Waals surface area contributed by atoms with Gasteiger partial charge in [0.1, 0.15) is 41.3 Å². The van der Waals surface area contributed by atoms with Gasteiger partial charge in [-0.25, -0.2) is 9.07 Å². The molecule has 1 aliphatic rings. The van der Waals surface area contributed by atoms with Gasteiger partial charge in [0.15, 0.2) is 0 Å². The topological polar surface area (TPSA) is 101 Å². The second-order valence-corrected chi connectivity index (χ2v) is 5.79. The lowest BCUT2D eigenvalue weighted by molar-refractivity contribution is -0.178. The Kier molecular flexibility index (Phi) is 4.64. The SMILES string of the molecule is OCC1O[C@@H](S)C(O)C(n2cc(-c3ccccc3F)nn2)[C@H]1O. The van der Waals surface area contributed by atoms with Crippen molar-refractivity contribution in [1.82, 2.24) is 15.0 Å². The van der Waals surface area contributed by atoms with E-state index in [4.69, 9.17) is 4.74 Å². The fraction of sp³-hybridized carbons (Fsp3) is 0.429. The van der Waals surface area contributed by atoms with Crippen LogP contribution in [0.1, 0.15) is 6.04 Å². The molecule has 1 fully saturated rings. The molecule has 3 N–H and O–H groups in total. The van der Waals surface area contributed by atoms with Crippen molar-refractivity contribution in [3.05, 3.63) is 36.3 Å². The second-order valence-electron chi connectivity index (χ2n) is 5.28. The first-order valence-electron chi connectivity index (χ1n) is 7.00. The molecular formula is C14H16FN3O4S. The maximum atomic E-state index is 13.8. The van der Waals surface area contributed by atoms with Crippen LogP contribution in [0.15, 0.2) is 30.5 Å². The van der Waals surface area contributed by atoms with Gasteiger partial charge in [-0.05, 0) is 12.1 Å². The molecule has 2 aromatic rings. The summed E-state index contributed by atoms with van der Waals surface area (Å²) in [7, 11) is 0. The third kappa shape index (κ3) is 2.98. The molecule has 5 atom stereocenters. The van der Waals surface area contributed by atoms with E-state index in [2.05, 4.69) is 22.9 Å². The molecule has 0 saturated carbocycles. The Morgan fingerprint density at radius 1 is 1.26 bits per heavy atom. The lowest BCUT2D eigenvalue weighted by Crippen LogP contribution is -2.54. The highest BCUT2D eigenvalue weighted by atomic mass is 32.1. The molecule has 9 heteroatoms. The zero-order valence-electron chi connectivity index (χ0n) is 11.9. The molecule has 1 saturated heterocycles. The molecule has 124 valence electrons. The molecule has 0 amide bonds. The quantitative estimate of drug-likeness (QED) is 0.586. The highest BCUT2D eigenvalue weighted by Crippen LogP contribution is 2.32. The minimum absolute atomic E-state index is 0.260. The van der Waals surface area contributed by atoms with E-state index < -0.39 is 42.2 Å². The largest absolute Gasteiger partial charge is 0.394 e. The maximum Gasteiger partial charge on any atom is 0.132 e. The number of aromatic nitrogens is 3. The Morgan fingerprint density at radius 3 is 2.70 bits per heavy atom.